The van der Waals surface area contributed by atoms with E-state index in [2.05, 4.69) is 31.1 Å². The van der Waals surface area contributed by atoms with Crippen LogP contribution in [0.3, 0.4) is 0 Å². The number of methoxy groups -OCH3 is 1. The summed E-state index contributed by atoms with van der Waals surface area (Å²) in [5, 5.41) is 4.27. The van der Waals surface area contributed by atoms with E-state index in [0.29, 0.717) is 6.04 Å². The van der Waals surface area contributed by atoms with Gasteiger partial charge in [0.15, 0.2) is 0 Å². The van der Waals surface area contributed by atoms with Crippen LogP contribution < -0.4 is 15.0 Å². The van der Waals surface area contributed by atoms with Crippen LogP contribution in [-0.4, -0.2) is 32.3 Å². The number of nitrogens with zero attached hydrogens (tertiary/aromatic N) is 1. The zero-order valence-corrected chi connectivity index (χ0v) is 12.2. The van der Waals surface area contributed by atoms with Crippen molar-refractivity contribution in [1.82, 2.24) is 5.32 Å². The summed E-state index contributed by atoms with van der Waals surface area (Å²) in [4.78, 5) is 2.25. The minimum absolute atomic E-state index is 0.206. The molecule has 3 nitrogen and oxygen atoms in total. The summed E-state index contributed by atoms with van der Waals surface area (Å²) in [6.07, 6.45) is 1.12. The van der Waals surface area contributed by atoms with Gasteiger partial charge in [0.2, 0.25) is 0 Å². The molecule has 1 saturated heterocycles. The van der Waals surface area contributed by atoms with E-state index in [4.69, 9.17) is 16.3 Å². The smallest absolute Gasteiger partial charge is 0.120 e. The molecule has 1 N–H and O–H groups in total. The zero-order valence-electron chi connectivity index (χ0n) is 11.5. The quantitative estimate of drug-likeness (QED) is 0.912. The van der Waals surface area contributed by atoms with Crippen molar-refractivity contribution >= 4 is 17.3 Å². The van der Waals surface area contributed by atoms with E-state index in [1.165, 1.54) is 0 Å². The fourth-order valence-corrected chi connectivity index (χ4v) is 2.80. The number of likely N-dealkylation sites (N-methyl/N-ethyl adjacent to an activating group) is 1. The fourth-order valence-electron chi connectivity index (χ4n) is 2.50. The summed E-state index contributed by atoms with van der Waals surface area (Å²) in [5.41, 5.74) is 1.26. The van der Waals surface area contributed by atoms with Gasteiger partial charge in [-0.25, -0.2) is 0 Å². The highest BCUT2D eigenvalue weighted by atomic mass is 35.5. The SMILES string of the molecule is COc1ccc(N(C)C2CNC(C)(C)C2)c(Cl)c1. The van der Waals surface area contributed by atoms with Crippen LogP contribution in [0.4, 0.5) is 5.69 Å². The maximum absolute atomic E-state index is 6.31. The second-order valence-electron chi connectivity index (χ2n) is 5.55. The highest BCUT2D eigenvalue weighted by Gasteiger charge is 2.33. The topological polar surface area (TPSA) is 24.5 Å². The van der Waals surface area contributed by atoms with Gasteiger partial charge in [-0.05, 0) is 32.4 Å². The van der Waals surface area contributed by atoms with Crippen molar-refractivity contribution in [3.63, 3.8) is 0 Å². The molecule has 18 heavy (non-hydrogen) atoms. The summed E-state index contributed by atoms with van der Waals surface area (Å²) >= 11 is 6.31. The molecule has 0 bridgehead atoms. The van der Waals surface area contributed by atoms with Gasteiger partial charge in [-0.2, -0.15) is 0 Å². The predicted octanol–water partition coefficient (Wildman–Crippen LogP) is 2.93. The van der Waals surface area contributed by atoms with Crippen LogP contribution in [0.25, 0.3) is 0 Å². The minimum Gasteiger partial charge on any atom is -0.497 e. The van der Waals surface area contributed by atoms with Crippen molar-refractivity contribution in [2.75, 3.05) is 25.6 Å². The Labute approximate surface area is 114 Å². The lowest BCUT2D eigenvalue weighted by atomic mass is 10.0. The standard InChI is InChI=1S/C14H21ClN2O/c1-14(2)8-10(9-16-14)17(3)13-6-5-11(18-4)7-12(13)15/h5-7,10,16H,8-9H2,1-4H3. The molecule has 1 unspecified atom stereocenters. The molecule has 0 amide bonds. The third-order valence-corrected chi connectivity index (χ3v) is 3.95. The van der Waals surface area contributed by atoms with Gasteiger partial charge in [-0.1, -0.05) is 11.6 Å². The van der Waals surface area contributed by atoms with Crippen LogP contribution in [0.1, 0.15) is 20.3 Å². The Bertz CT molecular complexity index is 434. The number of halogens is 1. The molecule has 0 saturated carbocycles. The van der Waals surface area contributed by atoms with E-state index in [0.717, 1.165) is 29.4 Å². The second-order valence-corrected chi connectivity index (χ2v) is 5.96. The van der Waals surface area contributed by atoms with Gasteiger partial charge in [0.25, 0.3) is 0 Å². The van der Waals surface area contributed by atoms with Gasteiger partial charge in [-0.3, -0.25) is 0 Å². The average molecular weight is 269 g/mol. The number of hydrogen-bond donors (Lipinski definition) is 1. The maximum atomic E-state index is 6.31. The van der Waals surface area contributed by atoms with Crippen molar-refractivity contribution in [3.8, 4) is 5.75 Å². The van der Waals surface area contributed by atoms with Gasteiger partial charge in [0.1, 0.15) is 5.75 Å². The van der Waals surface area contributed by atoms with Gasteiger partial charge in [0, 0.05) is 31.2 Å². The largest absolute Gasteiger partial charge is 0.497 e. The van der Waals surface area contributed by atoms with E-state index in [9.17, 15) is 0 Å². The molecule has 1 fully saturated rings. The van der Waals surface area contributed by atoms with Crippen LogP contribution in [-0.2, 0) is 0 Å². The summed E-state index contributed by atoms with van der Waals surface area (Å²) < 4.78 is 5.17. The molecule has 1 aliphatic heterocycles. The molecule has 0 spiro atoms. The van der Waals surface area contributed by atoms with Crippen molar-refractivity contribution in [1.29, 1.82) is 0 Å². The Morgan fingerprint density at radius 1 is 1.44 bits per heavy atom. The number of nitrogens with one attached hydrogen (secondary N) is 1. The summed E-state index contributed by atoms with van der Waals surface area (Å²) in [6, 6.07) is 6.31. The molecular weight excluding hydrogens is 248 g/mol. The monoisotopic (exact) mass is 268 g/mol. The molecule has 0 aromatic heterocycles. The van der Waals surface area contributed by atoms with Crippen LogP contribution in [0.2, 0.25) is 5.02 Å². The van der Waals surface area contributed by atoms with E-state index < -0.39 is 0 Å². The van der Waals surface area contributed by atoms with Crippen LogP contribution in [0, 0.1) is 0 Å². The minimum atomic E-state index is 0.206. The molecule has 1 aromatic rings. The van der Waals surface area contributed by atoms with Crippen molar-refractivity contribution < 1.29 is 4.74 Å². The lowest BCUT2D eigenvalue weighted by molar-refractivity contribution is 0.415. The first kappa shape index (κ1) is 13.5. The molecule has 0 radical (unpaired) electrons. The van der Waals surface area contributed by atoms with Gasteiger partial charge >= 0.3 is 0 Å². The first-order valence-corrected chi connectivity index (χ1v) is 6.62. The molecule has 100 valence electrons. The zero-order chi connectivity index (χ0) is 13.3. The lowest BCUT2D eigenvalue weighted by Gasteiger charge is -2.28. The molecule has 1 aromatic carbocycles. The Morgan fingerprint density at radius 2 is 2.17 bits per heavy atom. The normalized spacial score (nSPS) is 21.9. The fraction of sp³-hybridized carbons (Fsp3) is 0.571. The van der Waals surface area contributed by atoms with Gasteiger partial charge < -0.3 is 15.0 Å². The Hall–Kier alpha value is -0.930. The van der Waals surface area contributed by atoms with Crippen LogP contribution in [0.15, 0.2) is 18.2 Å². The first-order valence-electron chi connectivity index (χ1n) is 6.24. The molecular formula is C14H21ClN2O. The van der Waals surface area contributed by atoms with E-state index in [-0.39, 0.29) is 5.54 Å². The summed E-state index contributed by atoms with van der Waals surface area (Å²) in [6.45, 7) is 5.46. The maximum Gasteiger partial charge on any atom is 0.120 e. The van der Waals surface area contributed by atoms with Gasteiger partial charge in [-0.15, -0.1) is 0 Å². The average Bonchev–Trinajstić information content (AvgIpc) is 2.68. The van der Waals surface area contributed by atoms with Crippen molar-refractivity contribution in [2.45, 2.75) is 31.8 Å². The van der Waals surface area contributed by atoms with E-state index >= 15 is 0 Å². The van der Waals surface area contributed by atoms with Crippen molar-refractivity contribution in [2.24, 2.45) is 0 Å². The van der Waals surface area contributed by atoms with Crippen molar-refractivity contribution in [3.05, 3.63) is 23.2 Å². The summed E-state index contributed by atoms with van der Waals surface area (Å²) in [7, 11) is 3.75. The van der Waals surface area contributed by atoms with E-state index in [1.807, 2.05) is 18.2 Å². The Kier molecular flexibility index (Phi) is 3.74. The highest BCUT2D eigenvalue weighted by molar-refractivity contribution is 6.33. The molecule has 1 atom stereocenters. The Morgan fingerprint density at radius 3 is 2.67 bits per heavy atom. The summed E-state index contributed by atoms with van der Waals surface area (Å²) in [5.74, 6) is 0.794. The third-order valence-electron chi connectivity index (χ3n) is 3.64. The molecule has 0 aliphatic carbocycles. The third kappa shape index (κ3) is 2.73. The Balaban J connectivity index is 2.16. The molecule has 1 heterocycles. The number of rotatable bonds is 3. The number of anilines is 1. The number of hydrogen-bond acceptors (Lipinski definition) is 3. The first-order chi connectivity index (χ1) is 8.43. The second kappa shape index (κ2) is 4.98. The lowest BCUT2D eigenvalue weighted by Crippen LogP contribution is -2.33. The molecule has 1 aliphatic rings. The number of ether oxygens (including phenoxy) is 1. The highest BCUT2D eigenvalue weighted by Crippen LogP contribution is 2.32. The number of benzene rings is 1. The molecule has 4 heteroatoms. The predicted molar refractivity (Wildman–Crippen MR) is 76.9 cm³/mol. The van der Waals surface area contributed by atoms with Gasteiger partial charge in [0.05, 0.1) is 17.8 Å². The molecule has 2 rings (SSSR count). The van der Waals surface area contributed by atoms with Crippen LogP contribution >= 0.6 is 11.6 Å². The van der Waals surface area contributed by atoms with Crippen LogP contribution in [0.5, 0.6) is 5.75 Å². The van der Waals surface area contributed by atoms with E-state index in [1.54, 1.807) is 7.11 Å².